The molecule has 1 N–H and O–H groups in total. The molecular weight excluding hydrogens is 350 g/mol. The Balaban J connectivity index is 1.89. The van der Waals surface area contributed by atoms with Crippen LogP contribution in [0.5, 0.6) is 11.5 Å². The van der Waals surface area contributed by atoms with Crippen molar-refractivity contribution in [1.82, 2.24) is 5.43 Å². The molecule has 0 bridgehead atoms. The molecule has 9 heteroatoms. The lowest BCUT2D eigenvalue weighted by Gasteiger charge is -2.05. The van der Waals surface area contributed by atoms with Crippen LogP contribution in [0.25, 0.3) is 0 Å². The van der Waals surface area contributed by atoms with E-state index in [1.807, 2.05) is 0 Å². The third-order valence-electron chi connectivity index (χ3n) is 3.00. The van der Waals surface area contributed by atoms with Crippen molar-refractivity contribution in [3.8, 4) is 11.5 Å². The number of methoxy groups -OCH3 is 1. The van der Waals surface area contributed by atoms with Crippen LogP contribution in [-0.4, -0.2) is 30.8 Å². The molecule has 0 fully saturated rings. The maximum Gasteiger partial charge on any atom is 0.310 e. The molecule has 0 saturated heterocycles. The van der Waals surface area contributed by atoms with Gasteiger partial charge in [0.05, 0.1) is 23.3 Å². The van der Waals surface area contributed by atoms with Gasteiger partial charge in [-0.05, 0) is 29.8 Å². The number of amides is 1. The highest BCUT2D eigenvalue weighted by molar-refractivity contribution is 6.32. The summed E-state index contributed by atoms with van der Waals surface area (Å²) < 4.78 is 10.2. The molecule has 0 aliphatic carbocycles. The second-order valence-electron chi connectivity index (χ2n) is 4.70. The van der Waals surface area contributed by atoms with E-state index in [9.17, 15) is 14.9 Å². The summed E-state index contributed by atoms with van der Waals surface area (Å²) in [5, 5.41) is 15.0. The van der Waals surface area contributed by atoms with Gasteiger partial charge in [-0.2, -0.15) is 5.10 Å². The average molecular weight is 364 g/mol. The van der Waals surface area contributed by atoms with Gasteiger partial charge in [0.1, 0.15) is 5.75 Å². The summed E-state index contributed by atoms with van der Waals surface area (Å²) in [5.74, 6) is -0.0247. The minimum Gasteiger partial charge on any atom is -0.495 e. The maximum absolute atomic E-state index is 11.7. The van der Waals surface area contributed by atoms with Gasteiger partial charge in [0, 0.05) is 6.07 Å². The van der Waals surface area contributed by atoms with E-state index in [4.69, 9.17) is 21.1 Å². The van der Waals surface area contributed by atoms with Gasteiger partial charge in [-0.3, -0.25) is 14.9 Å². The molecular formula is C16H14ClN3O5. The predicted molar refractivity (Wildman–Crippen MR) is 92.3 cm³/mol. The Labute approximate surface area is 148 Å². The number of carbonyl (C=O) groups excluding carboxylic acids is 1. The van der Waals surface area contributed by atoms with Crippen molar-refractivity contribution in [3.63, 3.8) is 0 Å². The van der Waals surface area contributed by atoms with Gasteiger partial charge in [-0.1, -0.05) is 23.7 Å². The number of hydrogen-bond acceptors (Lipinski definition) is 6. The fourth-order valence-electron chi connectivity index (χ4n) is 1.85. The third-order valence-corrected chi connectivity index (χ3v) is 3.29. The summed E-state index contributed by atoms with van der Waals surface area (Å²) in [6.45, 7) is -0.411. The summed E-state index contributed by atoms with van der Waals surface area (Å²) in [6, 6.07) is 10.8. The molecule has 2 aromatic rings. The number of hydrogen-bond donors (Lipinski definition) is 1. The van der Waals surface area contributed by atoms with Gasteiger partial charge in [-0.25, -0.2) is 5.43 Å². The molecule has 25 heavy (non-hydrogen) atoms. The molecule has 1 amide bonds. The molecule has 0 aliphatic heterocycles. The second kappa shape index (κ2) is 8.65. The number of benzene rings is 2. The van der Waals surface area contributed by atoms with Gasteiger partial charge in [0.2, 0.25) is 0 Å². The fourth-order valence-corrected chi connectivity index (χ4v) is 2.11. The molecule has 0 saturated carbocycles. The largest absolute Gasteiger partial charge is 0.495 e. The number of halogens is 1. The summed E-state index contributed by atoms with van der Waals surface area (Å²) in [7, 11) is 1.51. The quantitative estimate of drug-likeness (QED) is 0.463. The number of nitrogens with one attached hydrogen (secondary N) is 1. The minimum absolute atomic E-state index is 0.00793. The van der Waals surface area contributed by atoms with Crippen LogP contribution < -0.4 is 14.9 Å². The number of nitro groups is 1. The van der Waals surface area contributed by atoms with Crippen LogP contribution in [0.3, 0.4) is 0 Å². The molecule has 0 heterocycles. The van der Waals surface area contributed by atoms with Crippen molar-refractivity contribution in [2.45, 2.75) is 0 Å². The zero-order valence-corrected chi connectivity index (χ0v) is 13.9. The van der Waals surface area contributed by atoms with Gasteiger partial charge < -0.3 is 9.47 Å². The van der Waals surface area contributed by atoms with E-state index in [2.05, 4.69) is 10.5 Å². The Morgan fingerprint density at radius 3 is 2.76 bits per heavy atom. The highest BCUT2D eigenvalue weighted by atomic mass is 35.5. The summed E-state index contributed by atoms with van der Waals surface area (Å²) in [4.78, 5) is 22.0. The first kappa shape index (κ1) is 18.2. The number of rotatable bonds is 7. The van der Waals surface area contributed by atoms with Gasteiger partial charge in [-0.15, -0.1) is 0 Å². The van der Waals surface area contributed by atoms with E-state index in [0.29, 0.717) is 16.3 Å². The van der Waals surface area contributed by atoms with Gasteiger partial charge in [0.15, 0.2) is 12.4 Å². The molecule has 2 rings (SSSR count). The smallest absolute Gasteiger partial charge is 0.310 e. The molecule has 0 unspecified atom stereocenters. The Bertz CT molecular complexity index is 810. The van der Waals surface area contributed by atoms with Crippen LogP contribution in [0, 0.1) is 10.1 Å². The molecule has 0 aliphatic rings. The lowest BCUT2D eigenvalue weighted by atomic mass is 10.2. The highest BCUT2D eigenvalue weighted by Gasteiger charge is 2.14. The van der Waals surface area contributed by atoms with Gasteiger partial charge >= 0.3 is 5.69 Å². The summed E-state index contributed by atoms with van der Waals surface area (Å²) >= 11 is 5.98. The zero-order valence-electron chi connectivity index (χ0n) is 13.1. The van der Waals surface area contributed by atoms with Crippen LogP contribution in [0.2, 0.25) is 5.02 Å². The lowest BCUT2D eigenvalue weighted by Crippen LogP contribution is -2.24. The standard InChI is InChI=1S/C16H14ClN3O5/c1-24-14-7-6-11(8-12(14)17)9-18-19-16(21)10-25-15-5-3-2-4-13(15)20(22)23/h2-9H,10H2,1H3,(H,19,21). The third kappa shape index (κ3) is 5.18. The van der Waals surface area contributed by atoms with E-state index >= 15 is 0 Å². The molecule has 2 aromatic carbocycles. The van der Waals surface area contributed by atoms with Crippen molar-refractivity contribution >= 4 is 29.4 Å². The molecule has 0 atom stereocenters. The van der Waals surface area contributed by atoms with Crippen LogP contribution in [0.1, 0.15) is 5.56 Å². The predicted octanol–water partition coefficient (Wildman–Crippen LogP) is 2.79. The maximum atomic E-state index is 11.7. The Morgan fingerprint density at radius 2 is 2.08 bits per heavy atom. The van der Waals surface area contributed by atoms with Crippen LogP contribution in [0.4, 0.5) is 5.69 Å². The van der Waals surface area contributed by atoms with Crippen LogP contribution in [-0.2, 0) is 4.79 Å². The number of carbonyl (C=O) groups is 1. The van der Waals surface area contributed by atoms with Crippen molar-refractivity contribution in [2.75, 3.05) is 13.7 Å². The van der Waals surface area contributed by atoms with Crippen molar-refractivity contribution in [3.05, 3.63) is 63.2 Å². The Hall–Kier alpha value is -3.13. The molecule has 0 aromatic heterocycles. The molecule has 0 spiro atoms. The molecule has 130 valence electrons. The van der Waals surface area contributed by atoms with Crippen molar-refractivity contribution < 1.29 is 19.2 Å². The van der Waals surface area contributed by atoms with E-state index in [1.165, 1.54) is 31.5 Å². The SMILES string of the molecule is COc1ccc(C=NNC(=O)COc2ccccc2[N+](=O)[O-])cc1Cl. The van der Waals surface area contributed by atoms with Crippen LogP contribution in [0.15, 0.2) is 47.6 Å². The molecule has 0 radical (unpaired) electrons. The van der Waals surface area contributed by atoms with Crippen molar-refractivity contribution in [1.29, 1.82) is 0 Å². The number of ether oxygens (including phenoxy) is 2. The Morgan fingerprint density at radius 1 is 1.32 bits per heavy atom. The average Bonchev–Trinajstić information content (AvgIpc) is 2.60. The highest BCUT2D eigenvalue weighted by Crippen LogP contribution is 2.25. The van der Waals surface area contributed by atoms with E-state index in [1.54, 1.807) is 24.3 Å². The Kier molecular flexibility index (Phi) is 6.30. The van der Waals surface area contributed by atoms with E-state index < -0.39 is 17.4 Å². The second-order valence-corrected chi connectivity index (χ2v) is 5.11. The zero-order chi connectivity index (χ0) is 18.2. The van der Waals surface area contributed by atoms with Gasteiger partial charge in [0.25, 0.3) is 5.91 Å². The minimum atomic E-state index is -0.585. The van der Waals surface area contributed by atoms with Crippen molar-refractivity contribution in [2.24, 2.45) is 5.10 Å². The topological polar surface area (TPSA) is 103 Å². The summed E-state index contributed by atoms with van der Waals surface area (Å²) in [5.41, 5.74) is 2.70. The molecule has 8 nitrogen and oxygen atoms in total. The first-order chi connectivity index (χ1) is 12.0. The number of nitro benzene ring substituents is 1. The normalized spacial score (nSPS) is 10.5. The summed E-state index contributed by atoms with van der Waals surface area (Å²) in [6.07, 6.45) is 1.40. The first-order valence-corrected chi connectivity index (χ1v) is 7.40. The monoisotopic (exact) mass is 363 g/mol. The number of para-hydroxylation sites is 2. The fraction of sp³-hybridized carbons (Fsp3) is 0.125. The lowest BCUT2D eigenvalue weighted by molar-refractivity contribution is -0.385. The number of nitrogens with zero attached hydrogens (tertiary/aromatic N) is 2. The first-order valence-electron chi connectivity index (χ1n) is 7.03. The van der Waals surface area contributed by atoms with E-state index in [0.717, 1.165) is 0 Å². The number of hydrazone groups is 1. The van der Waals surface area contributed by atoms with E-state index in [-0.39, 0.29) is 11.4 Å². The van der Waals surface area contributed by atoms with Crippen LogP contribution >= 0.6 is 11.6 Å².